The number of hydrogen-bond donors (Lipinski definition) is 4. The van der Waals surface area contributed by atoms with Crippen molar-refractivity contribution >= 4 is 17.8 Å². The van der Waals surface area contributed by atoms with E-state index >= 15 is 0 Å². The van der Waals surface area contributed by atoms with E-state index in [0.717, 1.165) is 0 Å². The predicted octanol–water partition coefficient (Wildman–Crippen LogP) is -2.22. The van der Waals surface area contributed by atoms with Crippen LogP contribution in [0, 0.1) is 0 Å². The van der Waals surface area contributed by atoms with E-state index in [9.17, 15) is 14.4 Å². The van der Waals surface area contributed by atoms with Gasteiger partial charge in [-0.2, -0.15) is 0 Å². The Balaban J connectivity index is 3.94. The number of carbonyl (C=O) groups excluding carboxylic acids is 2. The summed E-state index contributed by atoms with van der Waals surface area (Å²) in [6.45, 7) is 2.42. The zero-order valence-electron chi connectivity index (χ0n) is 7.37. The zero-order chi connectivity index (χ0) is 11.1. The van der Waals surface area contributed by atoms with Crippen LogP contribution in [0.2, 0.25) is 0 Å². The van der Waals surface area contributed by atoms with Crippen LogP contribution in [-0.4, -0.2) is 36.0 Å². The molecule has 0 bridgehead atoms. The first-order chi connectivity index (χ1) is 6.47. The van der Waals surface area contributed by atoms with E-state index in [2.05, 4.69) is 11.9 Å². The lowest BCUT2D eigenvalue weighted by Gasteiger charge is -2.06. The summed E-state index contributed by atoms with van der Waals surface area (Å²) < 4.78 is 0. The largest absolute Gasteiger partial charge is 0.480 e. The van der Waals surface area contributed by atoms with Gasteiger partial charge in [-0.3, -0.25) is 14.4 Å². The van der Waals surface area contributed by atoms with E-state index in [1.54, 1.807) is 0 Å². The third-order valence-corrected chi connectivity index (χ3v) is 1.15. The summed E-state index contributed by atoms with van der Waals surface area (Å²) in [6, 6.07) is 0. The molecule has 0 aromatic heterocycles. The van der Waals surface area contributed by atoms with Crippen molar-refractivity contribution in [3.63, 3.8) is 0 Å². The molecular weight excluding hydrogens is 190 g/mol. The number of hydrogen-bond acceptors (Lipinski definition) is 4. The molecule has 0 aromatic carbocycles. The number of nitrogens with one attached hydrogen (secondary N) is 2. The van der Waals surface area contributed by atoms with E-state index in [1.807, 2.05) is 5.32 Å². The monoisotopic (exact) mass is 201 g/mol. The Morgan fingerprint density at radius 2 is 1.93 bits per heavy atom. The van der Waals surface area contributed by atoms with Gasteiger partial charge in [-0.25, -0.2) is 0 Å². The molecule has 0 radical (unpaired) electrons. The minimum Gasteiger partial charge on any atom is -0.480 e. The number of nitrogens with two attached hydrogens (primary N) is 1. The van der Waals surface area contributed by atoms with Gasteiger partial charge >= 0.3 is 5.97 Å². The summed E-state index contributed by atoms with van der Waals surface area (Å²) in [6.07, 6.45) is 0. The molecule has 0 atom stereocenters. The average Bonchev–Trinajstić information content (AvgIpc) is 2.13. The third-order valence-electron chi connectivity index (χ3n) is 1.15. The van der Waals surface area contributed by atoms with Crippen molar-refractivity contribution in [2.45, 2.75) is 0 Å². The van der Waals surface area contributed by atoms with Crippen molar-refractivity contribution in [3.05, 3.63) is 12.3 Å². The van der Waals surface area contributed by atoms with Crippen LogP contribution in [0.5, 0.6) is 0 Å². The molecule has 0 aliphatic rings. The lowest BCUT2D eigenvalue weighted by atomic mass is 10.4. The van der Waals surface area contributed by atoms with Crippen LogP contribution in [0.15, 0.2) is 12.3 Å². The van der Waals surface area contributed by atoms with Crippen molar-refractivity contribution in [2.75, 3.05) is 13.1 Å². The maximum absolute atomic E-state index is 11.0. The molecule has 0 unspecified atom stereocenters. The van der Waals surface area contributed by atoms with Crippen LogP contribution < -0.4 is 16.4 Å². The van der Waals surface area contributed by atoms with Crippen molar-refractivity contribution in [2.24, 2.45) is 5.73 Å². The van der Waals surface area contributed by atoms with E-state index in [-0.39, 0.29) is 12.2 Å². The van der Waals surface area contributed by atoms with Crippen LogP contribution in [0.25, 0.3) is 0 Å². The predicted molar refractivity (Wildman–Crippen MR) is 47.0 cm³/mol. The summed E-state index contributed by atoms with van der Waals surface area (Å²) in [5, 5.41) is 12.3. The Morgan fingerprint density at radius 1 is 1.36 bits per heavy atom. The Morgan fingerprint density at radius 3 is 2.36 bits per heavy atom. The topological polar surface area (TPSA) is 122 Å². The average molecular weight is 201 g/mol. The van der Waals surface area contributed by atoms with E-state index in [0.29, 0.717) is 0 Å². The Hall–Kier alpha value is -1.89. The summed E-state index contributed by atoms with van der Waals surface area (Å²) in [5.74, 6) is -2.51. The summed E-state index contributed by atoms with van der Waals surface area (Å²) >= 11 is 0. The molecule has 14 heavy (non-hydrogen) atoms. The molecular formula is C7H11N3O4. The number of carboxylic acid groups (broad SMARTS) is 1. The molecule has 0 rings (SSSR count). The summed E-state index contributed by atoms with van der Waals surface area (Å²) in [7, 11) is 0. The molecule has 7 heteroatoms. The van der Waals surface area contributed by atoms with Crippen LogP contribution >= 0.6 is 0 Å². The third kappa shape index (κ3) is 4.88. The lowest BCUT2D eigenvalue weighted by Crippen LogP contribution is -2.38. The molecule has 7 nitrogen and oxygen atoms in total. The van der Waals surface area contributed by atoms with Crippen LogP contribution in [0.4, 0.5) is 0 Å². The SMILES string of the molecule is C=C(NC(=O)CN)C(=O)NCC(=O)O. The summed E-state index contributed by atoms with van der Waals surface area (Å²) in [5.41, 5.74) is 4.73. The molecule has 2 amide bonds. The van der Waals surface area contributed by atoms with Gasteiger partial charge in [-0.05, 0) is 0 Å². The Labute approximate surface area is 80.0 Å². The van der Waals surface area contributed by atoms with Crippen LogP contribution in [-0.2, 0) is 14.4 Å². The number of amides is 2. The second-order valence-electron chi connectivity index (χ2n) is 2.31. The Bertz CT molecular complexity index is 274. The van der Waals surface area contributed by atoms with Crippen molar-refractivity contribution in [1.29, 1.82) is 0 Å². The number of rotatable bonds is 5. The maximum atomic E-state index is 11.0. The van der Waals surface area contributed by atoms with Crippen molar-refractivity contribution in [3.8, 4) is 0 Å². The van der Waals surface area contributed by atoms with Gasteiger partial charge in [0.25, 0.3) is 5.91 Å². The standard InChI is InChI=1S/C7H11N3O4/c1-4(10-5(11)2-8)7(14)9-3-6(12)13/h1-3,8H2,(H,9,14)(H,10,11)(H,12,13). The van der Waals surface area contributed by atoms with Gasteiger partial charge in [-0.15, -0.1) is 0 Å². The molecule has 0 aromatic rings. The van der Waals surface area contributed by atoms with Gasteiger partial charge in [0.15, 0.2) is 0 Å². The first-order valence-corrected chi connectivity index (χ1v) is 3.66. The molecule has 5 N–H and O–H groups in total. The molecule has 0 aliphatic heterocycles. The number of carboxylic acids is 1. The van der Waals surface area contributed by atoms with Crippen molar-refractivity contribution in [1.82, 2.24) is 10.6 Å². The quantitative estimate of drug-likeness (QED) is 0.375. The fourth-order valence-corrected chi connectivity index (χ4v) is 0.539. The fourth-order valence-electron chi connectivity index (χ4n) is 0.539. The molecule has 0 aliphatic carbocycles. The van der Waals surface area contributed by atoms with Crippen molar-refractivity contribution < 1.29 is 19.5 Å². The minimum absolute atomic E-state index is 0.235. The highest BCUT2D eigenvalue weighted by Crippen LogP contribution is 1.83. The van der Waals surface area contributed by atoms with E-state index in [1.165, 1.54) is 0 Å². The van der Waals surface area contributed by atoms with Gasteiger partial charge in [0, 0.05) is 0 Å². The molecule has 0 saturated carbocycles. The second-order valence-corrected chi connectivity index (χ2v) is 2.31. The fraction of sp³-hybridized carbons (Fsp3) is 0.286. The second kappa shape index (κ2) is 5.70. The Kier molecular flexibility index (Phi) is 4.93. The summed E-state index contributed by atoms with van der Waals surface area (Å²) in [4.78, 5) is 31.7. The zero-order valence-corrected chi connectivity index (χ0v) is 7.37. The molecule has 78 valence electrons. The van der Waals surface area contributed by atoms with Gasteiger partial charge in [0.2, 0.25) is 5.91 Å². The van der Waals surface area contributed by atoms with Gasteiger partial charge in [0.1, 0.15) is 6.54 Å². The highest BCUT2D eigenvalue weighted by atomic mass is 16.4. The molecule has 0 fully saturated rings. The number of aliphatic carboxylic acids is 1. The minimum atomic E-state index is -1.18. The normalized spacial score (nSPS) is 8.93. The molecule has 0 heterocycles. The van der Waals surface area contributed by atoms with Gasteiger partial charge in [-0.1, -0.05) is 6.58 Å². The smallest absolute Gasteiger partial charge is 0.322 e. The molecule has 0 spiro atoms. The molecule has 0 saturated heterocycles. The maximum Gasteiger partial charge on any atom is 0.322 e. The highest BCUT2D eigenvalue weighted by molar-refractivity contribution is 5.98. The van der Waals surface area contributed by atoms with E-state index in [4.69, 9.17) is 10.8 Å². The first kappa shape index (κ1) is 12.1. The van der Waals surface area contributed by atoms with Crippen LogP contribution in [0.3, 0.4) is 0 Å². The first-order valence-electron chi connectivity index (χ1n) is 3.66. The number of carbonyl (C=O) groups is 3. The lowest BCUT2D eigenvalue weighted by molar-refractivity contribution is -0.137. The van der Waals surface area contributed by atoms with E-state index < -0.39 is 24.3 Å². The van der Waals surface area contributed by atoms with Crippen LogP contribution in [0.1, 0.15) is 0 Å². The van der Waals surface area contributed by atoms with Gasteiger partial charge < -0.3 is 21.5 Å². The van der Waals surface area contributed by atoms with Gasteiger partial charge in [0.05, 0.1) is 12.2 Å². The highest BCUT2D eigenvalue weighted by Gasteiger charge is 2.09.